The van der Waals surface area contributed by atoms with E-state index in [1.165, 1.54) is 6.07 Å². The lowest BCUT2D eigenvalue weighted by Gasteiger charge is -2.27. The predicted octanol–water partition coefficient (Wildman–Crippen LogP) is 4.66. The van der Waals surface area contributed by atoms with Gasteiger partial charge in [-0.05, 0) is 40.9 Å². The fourth-order valence-electron chi connectivity index (χ4n) is 2.41. The van der Waals surface area contributed by atoms with Crippen molar-refractivity contribution < 1.29 is 22.4 Å². The summed E-state index contributed by atoms with van der Waals surface area (Å²) in [6.07, 6.45) is -0.931. The van der Waals surface area contributed by atoms with Crippen molar-refractivity contribution in [3.8, 4) is 0 Å². The standard InChI is InChI=1S/C14H13BrF4O/c15-10-1-2-11(16)9(13(10)17)7-12(20)8-3-5-14(18,19)6-4-8/h1-2,8H,3-7H2. The Morgan fingerprint density at radius 2 is 1.85 bits per heavy atom. The summed E-state index contributed by atoms with van der Waals surface area (Å²) in [6.45, 7) is 0. The summed E-state index contributed by atoms with van der Waals surface area (Å²) in [7, 11) is 0. The number of carbonyl (C=O) groups excluding carboxylic acids is 1. The van der Waals surface area contributed by atoms with E-state index < -0.39 is 29.9 Å². The van der Waals surface area contributed by atoms with E-state index in [4.69, 9.17) is 0 Å². The zero-order valence-electron chi connectivity index (χ0n) is 10.6. The van der Waals surface area contributed by atoms with Crippen LogP contribution < -0.4 is 0 Å². The van der Waals surface area contributed by atoms with Gasteiger partial charge < -0.3 is 0 Å². The second-order valence-corrected chi connectivity index (χ2v) is 5.95. The Bertz CT molecular complexity index is 520. The van der Waals surface area contributed by atoms with Crippen LogP contribution in [-0.2, 0) is 11.2 Å². The lowest BCUT2D eigenvalue weighted by molar-refractivity contribution is -0.126. The summed E-state index contributed by atoms with van der Waals surface area (Å²) in [6, 6.07) is 2.30. The smallest absolute Gasteiger partial charge is 0.248 e. The molecule has 0 spiro atoms. The van der Waals surface area contributed by atoms with Crippen LogP contribution in [0.25, 0.3) is 0 Å². The van der Waals surface area contributed by atoms with Crippen LogP contribution in [0, 0.1) is 17.6 Å². The van der Waals surface area contributed by atoms with E-state index in [0.29, 0.717) is 0 Å². The molecule has 0 amide bonds. The molecule has 1 aliphatic rings. The van der Waals surface area contributed by atoms with E-state index in [9.17, 15) is 22.4 Å². The van der Waals surface area contributed by atoms with Gasteiger partial charge in [0.2, 0.25) is 5.92 Å². The molecule has 0 aliphatic heterocycles. The molecule has 0 aromatic heterocycles. The van der Waals surface area contributed by atoms with E-state index in [2.05, 4.69) is 15.9 Å². The number of hydrogen-bond acceptors (Lipinski definition) is 1. The van der Waals surface area contributed by atoms with Gasteiger partial charge in [0.15, 0.2) is 0 Å². The first-order valence-electron chi connectivity index (χ1n) is 6.33. The van der Waals surface area contributed by atoms with Crippen molar-refractivity contribution in [2.45, 2.75) is 38.0 Å². The van der Waals surface area contributed by atoms with E-state index >= 15 is 0 Å². The first-order chi connectivity index (χ1) is 9.30. The minimum Gasteiger partial charge on any atom is -0.299 e. The molecule has 1 aliphatic carbocycles. The molecular weight excluding hydrogens is 340 g/mol. The Balaban J connectivity index is 2.08. The summed E-state index contributed by atoms with van der Waals surface area (Å²) < 4.78 is 53.4. The molecule has 0 radical (unpaired) electrons. The van der Waals surface area contributed by atoms with E-state index in [1.54, 1.807) is 0 Å². The van der Waals surface area contributed by atoms with Crippen molar-refractivity contribution in [2.75, 3.05) is 0 Å². The maximum Gasteiger partial charge on any atom is 0.248 e. The number of rotatable bonds is 3. The average molecular weight is 353 g/mol. The second-order valence-electron chi connectivity index (χ2n) is 5.10. The van der Waals surface area contributed by atoms with Crippen LogP contribution in [0.15, 0.2) is 16.6 Å². The highest BCUT2D eigenvalue weighted by Gasteiger charge is 2.37. The maximum absolute atomic E-state index is 13.8. The van der Waals surface area contributed by atoms with Crippen LogP contribution in [0.1, 0.15) is 31.2 Å². The van der Waals surface area contributed by atoms with Crippen LogP contribution in [0.3, 0.4) is 0 Å². The molecule has 2 rings (SSSR count). The highest BCUT2D eigenvalue weighted by Crippen LogP contribution is 2.37. The predicted molar refractivity (Wildman–Crippen MR) is 69.7 cm³/mol. The topological polar surface area (TPSA) is 17.1 Å². The van der Waals surface area contributed by atoms with Gasteiger partial charge in [0.25, 0.3) is 0 Å². The lowest BCUT2D eigenvalue weighted by Crippen LogP contribution is -2.29. The minimum atomic E-state index is -2.72. The van der Waals surface area contributed by atoms with Gasteiger partial charge in [-0.25, -0.2) is 17.6 Å². The first-order valence-corrected chi connectivity index (χ1v) is 7.12. The van der Waals surface area contributed by atoms with Crippen molar-refractivity contribution in [3.63, 3.8) is 0 Å². The van der Waals surface area contributed by atoms with Crippen LogP contribution in [-0.4, -0.2) is 11.7 Å². The second kappa shape index (κ2) is 5.84. The van der Waals surface area contributed by atoms with E-state index in [-0.39, 0.29) is 41.5 Å². The van der Waals surface area contributed by atoms with Crippen LogP contribution in [0.5, 0.6) is 0 Å². The number of hydrogen-bond donors (Lipinski definition) is 0. The van der Waals surface area contributed by atoms with E-state index in [1.807, 2.05) is 0 Å². The third kappa shape index (κ3) is 3.40. The Hall–Kier alpha value is -0.910. The molecule has 0 unspecified atom stereocenters. The number of carbonyl (C=O) groups is 1. The van der Waals surface area contributed by atoms with Gasteiger partial charge in [0, 0.05) is 30.7 Å². The highest BCUT2D eigenvalue weighted by atomic mass is 79.9. The van der Waals surface area contributed by atoms with Crippen molar-refractivity contribution in [3.05, 3.63) is 33.8 Å². The number of halogens is 5. The maximum atomic E-state index is 13.8. The summed E-state index contributed by atoms with van der Waals surface area (Å²) in [5.74, 6) is -5.23. The van der Waals surface area contributed by atoms with Gasteiger partial charge in [0.1, 0.15) is 17.4 Å². The van der Waals surface area contributed by atoms with Crippen LogP contribution in [0.4, 0.5) is 17.6 Å². The van der Waals surface area contributed by atoms with Gasteiger partial charge in [0.05, 0.1) is 4.47 Å². The van der Waals surface area contributed by atoms with Crippen molar-refractivity contribution >= 4 is 21.7 Å². The molecule has 0 bridgehead atoms. The molecule has 1 saturated carbocycles. The Labute approximate surface area is 122 Å². The van der Waals surface area contributed by atoms with Crippen LogP contribution in [0.2, 0.25) is 0 Å². The van der Waals surface area contributed by atoms with Gasteiger partial charge in [-0.3, -0.25) is 4.79 Å². The monoisotopic (exact) mass is 352 g/mol. The lowest BCUT2D eigenvalue weighted by atomic mass is 9.82. The Morgan fingerprint density at radius 1 is 1.25 bits per heavy atom. The van der Waals surface area contributed by atoms with Gasteiger partial charge in [-0.1, -0.05) is 0 Å². The molecule has 20 heavy (non-hydrogen) atoms. The third-order valence-corrected chi connectivity index (χ3v) is 4.27. The zero-order chi connectivity index (χ0) is 14.9. The summed E-state index contributed by atoms with van der Waals surface area (Å²) >= 11 is 2.93. The molecule has 0 N–H and O–H groups in total. The Kier molecular flexibility index (Phi) is 4.52. The van der Waals surface area contributed by atoms with Gasteiger partial charge >= 0.3 is 0 Å². The molecule has 1 aromatic rings. The van der Waals surface area contributed by atoms with E-state index in [0.717, 1.165) is 6.07 Å². The highest BCUT2D eigenvalue weighted by molar-refractivity contribution is 9.10. The third-order valence-electron chi connectivity index (χ3n) is 3.66. The number of benzene rings is 1. The number of Topliss-reactive ketones (excluding diaryl/α,β-unsaturated/α-hetero) is 1. The Morgan fingerprint density at radius 3 is 2.45 bits per heavy atom. The van der Waals surface area contributed by atoms with Crippen LogP contribution >= 0.6 is 15.9 Å². The SMILES string of the molecule is O=C(Cc1c(F)ccc(Br)c1F)C1CCC(F)(F)CC1. The normalized spacial score (nSPS) is 19.1. The van der Waals surface area contributed by atoms with Gasteiger partial charge in [-0.15, -0.1) is 0 Å². The molecule has 1 aromatic carbocycles. The molecular formula is C14H13BrF4O. The minimum absolute atomic E-state index is 0.0725. The molecule has 110 valence electrons. The molecule has 1 nitrogen and oxygen atoms in total. The molecule has 0 atom stereocenters. The summed E-state index contributed by atoms with van der Waals surface area (Å²) in [5.41, 5.74) is -0.304. The molecule has 6 heteroatoms. The average Bonchev–Trinajstić information content (AvgIpc) is 2.39. The quantitative estimate of drug-likeness (QED) is 0.570. The summed E-state index contributed by atoms with van der Waals surface area (Å²) in [5, 5.41) is 0. The number of ketones is 1. The fraction of sp³-hybridized carbons (Fsp3) is 0.500. The molecule has 0 heterocycles. The van der Waals surface area contributed by atoms with Crippen molar-refractivity contribution in [2.24, 2.45) is 5.92 Å². The molecule has 0 saturated heterocycles. The number of alkyl halides is 2. The first kappa shape index (κ1) is 15.5. The largest absolute Gasteiger partial charge is 0.299 e. The fourth-order valence-corrected chi connectivity index (χ4v) is 2.78. The zero-order valence-corrected chi connectivity index (χ0v) is 12.2. The summed E-state index contributed by atoms with van der Waals surface area (Å²) in [4.78, 5) is 12.0. The van der Waals surface area contributed by atoms with Crippen molar-refractivity contribution in [1.29, 1.82) is 0 Å². The molecule has 1 fully saturated rings. The van der Waals surface area contributed by atoms with Crippen molar-refractivity contribution in [1.82, 2.24) is 0 Å². The van der Waals surface area contributed by atoms with Gasteiger partial charge in [-0.2, -0.15) is 0 Å².